The molecule has 148 heavy (non-hydrogen) atoms. The Morgan fingerprint density at radius 3 is 0.412 bits per heavy atom. The Balaban J connectivity index is -0.000000526. The lowest BCUT2D eigenvalue weighted by Crippen LogP contribution is -2.43. The number of carbonyl (C=O) groups excluding carboxylic acids is 4. The zero-order chi connectivity index (χ0) is 117. The van der Waals surface area contributed by atoms with E-state index in [-0.39, 0.29) is 26.4 Å². The van der Waals surface area contributed by atoms with Gasteiger partial charge in [-0.25, -0.2) is 38.4 Å². The fourth-order valence-corrected chi connectivity index (χ4v) is 9.54. The number of hydrogen-bond acceptors (Lipinski definition) is 22. The first-order chi connectivity index (χ1) is 67.0. The topological polar surface area (TPSA) is 619 Å². The van der Waals surface area contributed by atoms with E-state index >= 15 is 0 Å². The quantitative estimate of drug-likeness (QED) is 0.0146. The predicted octanol–water partition coefficient (Wildman–Crippen LogP) is 16.8. The molecule has 0 saturated carbocycles. The molecule has 0 saturated heterocycles. The number of hydrogen-bond donors (Lipinski definition) is 18. The number of ether oxygens (including phenoxy) is 4. The third-order valence-corrected chi connectivity index (χ3v) is 19.2. The smallest absolute Gasteiger partial charge is 0.408 e. The molecule has 0 aromatic heterocycles. The van der Waals surface area contributed by atoms with Gasteiger partial charge in [0, 0.05) is 0 Å². The van der Waals surface area contributed by atoms with Crippen LogP contribution < -0.4 is 49.9 Å². The van der Waals surface area contributed by atoms with E-state index in [9.17, 15) is 181 Å². The molecule has 23 N–H and O–H groups in total. The first-order valence-electron chi connectivity index (χ1n) is 42.4. The van der Waals surface area contributed by atoms with Crippen LogP contribution in [-0.4, -0.2) is 234 Å². The standard InChI is InChI=1S/4C14H16F3NO4.5C6H10F3NO2/c4*1-9(14(15,16)17)7-11(12(19)20)18-13(21)22-8-10-5-3-2-4-6-10;5*1-3(6(7,8)9)2-4(10)5(11)12/h4*2-6,9,11H,7-8H2,1H3,(H,18,21)(H,19,20);5*3-4H,2,10H2,1H3,(H,11,12)/t2*9-,11+;2*9-,11-;2*3-,4+;2*3-,4-;/m10101010./s1. The number of halogens is 27. The largest absolute Gasteiger partial charge is 0.480 e. The molecule has 0 aliphatic carbocycles. The molecule has 0 aliphatic heterocycles. The van der Waals surface area contributed by atoms with Crippen LogP contribution in [0.4, 0.5) is 138 Å². The van der Waals surface area contributed by atoms with Crippen LogP contribution in [-0.2, 0) is 88.5 Å². The maximum Gasteiger partial charge on any atom is 0.408 e. The molecule has 0 spiro atoms. The molecule has 0 bridgehead atoms. The number of carbonyl (C=O) groups is 13. The minimum atomic E-state index is -4.52. The van der Waals surface area contributed by atoms with Crippen molar-refractivity contribution in [2.45, 2.75) is 256 Å². The van der Waals surface area contributed by atoms with Crippen molar-refractivity contribution >= 4 is 78.1 Å². The Hall–Kier alpha value is -12.9. The number of aliphatic carboxylic acids is 9. The van der Waals surface area contributed by atoms with E-state index in [4.69, 9.17) is 93.6 Å². The van der Waals surface area contributed by atoms with Crippen LogP contribution in [0.1, 0.15) is 142 Å². The first-order valence-corrected chi connectivity index (χ1v) is 42.4. The Morgan fingerprint density at radius 1 is 0.209 bits per heavy atom. The van der Waals surface area contributed by atoms with Gasteiger partial charge in [0.1, 0.15) is 80.8 Å². The van der Waals surface area contributed by atoms with Crippen LogP contribution >= 0.6 is 0 Å². The summed E-state index contributed by atoms with van der Waals surface area (Å²) in [5, 5.41) is 84.3. The van der Waals surface area contributed by atoms with Crippen molar-refractivity contribution in [2.24, 2.45) is 81.9 Å². The molecular formula is C86H114F27N9O26. The Morgan fingerprint density at radius 2 is 0.318 bits per heavy atom. The summed E-state index contributed by atoms with van der Waals surface area (Å²) in [5.41, 5.74) is 27.3. The molecule has 2 unspecified atom stereocenters. The van der Waals surface area contributed by atoms with Gasteiger partial charge in [-0.2, -0.15) is 119 Å². The van der Waals surface area contributed by atoms with E-state index in [0.29, 0.717) is 22.3 Å². The average molecular weight is 2200 g/mol. The zero-order valence-corrected chi connectivity index (χ0v) is 79.2. The molecule has 0 heterocycles. The van der Waals surface area contributed by atoms with Crippen molar-refractivity contribution in [1.82, 2.24) is 21.3 Å². The van der Waals surface area contributed by atoms with Gasteiger partial charge < -0.3 is 115 Å². The SMILES string of the molecule is CC(CC(N)C(=O)O)C(F)(F)F.C[C@@H](C[C@@H](N)C(=O)O)C(F)(F)F.C[C@@H](C[C@@H](NC(=O)OCc1ccccc1)C(=O)O)C(F)(F)F.C[C@@H](C[C@H](N)C(=O)O)C(F)(F)F.C[C@@H](C[C@H](NC(=O)OCc1ccccc1)C(=O)O)C(F)(F)F.C[C@H](C[C@@H](N)C(=O)O)C(F)(F)F.C[C@H](C[C@@H](NC(=O)OCc1ccccc1)C(=O)O)C(F)(F)F.C[C@H](C[C@H](N)C(=O)O)C(F)(F)F.C[C@H](C[C@H](NC(=O)OCc1ccccc1)C(=O)O)C(F)(F)F. The molecule has 848 valence electrons. The summed E-state index contributed by atoms with van der Waals surface area (Å²) >= 11 is 0. The number of benzene rings is 4. The van der Waals surface area contributed by atoms with Crippen molar-refractivity contribution in [3.63, 3.8) is 0 Å². The monoisotopic (exact) mass is 2200 g/mol. The molecule has 62 heteroatoms. The molecule has 35 nitrogen and oxygen atoms in total. The second-order valence-electron chi connectivity index (χ2n) is 32.2. The number of amides is 4. The van der Waals surface area contributed by atoms with Gasteiger partial charge in [-0.1, -0.05) is 184 Å². The molecule has 0 radical (unpaired) electrons. The van der Waals surface area contributed by atoms with Crippen molar-refractivity contribution < 1.29 is 246 Å². The minimum absolute atomic E-state index is 0.103. The highest BCUT2D eigenvalue weighted by atomic mass is 19.4. The highest BCUT2D eigenvalue weighted by molar-refractivity contribution is 5.82. The minimum Gasteiger partial charge on any atom is -0.480 e. The van der Waals surface area contributed by atoms with E-state index in [1.54, 1.807) is 121 Å². The Labute approximate surface area is 824 Å². The second-order valence-corrected chi connectivity index (χ2v) is 32.2. The van der Waals surface area contributed by atoms with Gasteiger partial charge in [-0.05, 0) is 80.0 Å². The number of carboxylic acid groups (broad SMARTS) is 9. The third kappa shape index (κ3) is 70.8. The molecule has 4 aromatic rings. The van der Waals surface area contributed by atoms with E-state index in [1.807, 2.05) is 21.3 Å². The fraction of sp³-hybridized carbons (Fsp3) is 0.570. The Bertz CT molecular complexity index is 3980. The number of carboxylic acids is 9. The van der Waals surface area contributed by atoms with E-state index in [2.05, 4.69) is 0 Å². The summed E-state index contributed by atoms with van der Waals surface area (Å²) in [6.07, 6.45) is -50.2. The summed E-state index contributed by atoms with van der Waals surface area (Å²) in [5.74, 6) is -29.1. The molecular weight excluding hydrogens is 2090 g/mol. The van der Waals surface area contributed by atoms with Gasteiger partial charge in [0.2, 0.25) is 0 Å². The summed E-state index contributed by atoms with van der Waals surface area (Å²) in [6.45, 7) is 7.53. The number of alkyl halides is 27. The highest BCUT2D eigenvalue weighted by Gasteiger charge is 2.46. The van der Waals surface area contributed by atoms with Crippen LogP contribution in [0.3, 0.4) is 0 Å². The maximum absolute atomic E-state index is 12.4. The summed E-state index contributed by atoms with van der Waals surface area (Å²) < 4.78 is 346. The molecule has 4 amide bonds. The molecule has 0 fully saturated rings. The van der Waals surface area contributed by atoms with Crippen LogP contribution in [0.15, 0.2) is 121 Å². The van der Waals surface area contributed by atoms with Crippen LogP contribution in [0, 0.1) is 53.3 Å². The molecule has 18 atom stereocenters. The van der Waals surface area contributed by atoms with Crippen molar-refractivity contribution in [2.75, 3.05) is 0 Å². The van der Waals surface area contributed by atoms with E-state index < -0.39 is 299 Å². The number of nitrogens with one attached hydrogen (secondary N) is 4. The van der Waals surface area contributed by atoms with Crippen molar-refractivity contribution in [3.05, 3.63) is 144 Å². The van der Waals surface area contributed by atoms with Crippen LogP contribution in [0.5, 0.6) is 0 Å². The summed E-state index contributed by atoms with van der Waals surface area (Å²) in [4.78, 5) is 140. The normalized spacial score (nSPS) is 15.2. The average Bonchev–Trinajstić information content (AvgIpc) is 0.877. The molecule has 4 aromatic carbocycles. The van der Waals surface area contributed by atoms with E-state index in [1.165, 1.54) is 0 Å². The van der Waals surface area contributed by atoms with E-state index in [0.717, 1.165) is 62.3 Å². The summed E-state index contributed by atoms with van der Waals surface area (Å²) in [6, 6.07) is 20.5. The number of alkyl carbamates (subject to hydrolysis) is 4. The lowest BCUT2D eigenvalue weighted by atomic mass is 10.0. The first kappa shape index (κ1) is 144. The molecule has 0 aliphatic rings. The van der Waals surface area contributed by atoms with Crippen LogP contribution in [0.2, 0.25) is 0 Å². The lowest BCUT2D eigenvalue weighted by molar-refractivity contribution is -0.175. The summed E-state index contributed by atoms with van der Waals surface area (Å²) in [7, 11) is 0. The highest BCUT2D eigenvalue weighted by Crippen LogP contribution is 2.37. The second kappa shape index (κ2) is 67.9. The predicted molar refractivity (Wildman–Crippen MR) is 461 cm³/mol. The maximum atomic E-state index is 12.4. The van der Waals surface area contributed by atoms with Gasteiger partial charge in [-0.3, -0.25) is 24.0 Å². The van der Waals surface area contributed by atoms with Gasteiger partial charge in [0.25, 0.3) is 0 Å². The van der Waals surface area contributed by atoms with Crippen LogP contribution in [0.25, 0.3) is 0 Å². The van der Waals surface area contributed by atoms with Crippen molar-refractivity contribution in [3.8, 4) is 0 Å². The van der Waals surface area contributed by atoms with Gasteiger partial charge in [0.15, 0.2) is 0 Å². The number of rotatable bonds is 39. The zero-order valence-electron chi connectivity index (χ0n) is 79.2. The Kier molecular flexibility index (Phi) is 65.8. The molecule has 4 rings (SSSR count). The fourth-order valence-electron chi connectivity index (χ4n) is 9.54. The number of nitrogens with two attached hydrogens (primary N) is 5. The van der Waals surface area contributed by atoms with Gasteiger partial charge in [-0.15, -0.1) is 0 Å². The van der Waals surface area contributed by atoms with Gasteiger partial charge >= 0.3 is 134 Å². The van der Waals surface area contributed by atoms with Crippen molar-refractivity contribution in [1.29, 1.82) is 0 Å². The van der Waals surface area contributed by atoms with Gasteiger partial charge in [0.05, 0.1) is 53.3 Å². The third-order valence-electron chi connectivity index (χ3n) is 19.2. The lowest BCUT2D eigenvalue weighted by Gasteiger charge is -2.20.